The van der Waals surface area contributed by atoms with Crippen molar-refractivity contribution in [2.75, 3.05) is 0 Å². The molecule has 3 N–H and O–H groups in total. The number of hydrogen-bond donors (Lipinski definition) is 2. The van der Waals surface area contributed by atoms with Crippen LogP contribution in [-0.4, -0.2) is 21.3 Å². The fourth-order valence-electron chi connectivity index (χ4n) is 1.63. The summed E-state index contributed by atoms with van der Waals surface area (Å²) in [6.07, 6.45) is 0. The Balaban J connectivity index is 2.40. The number of carbonyl (C=O) groups excluding carboxylic acids is 1. The Morgan fingerprint density at radius 1 is 1.24 bits per heavy atom. The van der Waals surface area contributed by atoms with E-state index in [1.54, 1.807) is 0 Å². The van der Waals surface area contributed by atoms with Crippen LogP contribution in [-0.2, 0) is 0 Å². The van der Waals surface area contributed by atoms with E-state index in [-0.39, 0.29) is 5.69 Å². The Hall–Kier alpha value is -2.17. The van der Waals surface area contributed by atoms with Gasteiger partial charge in [0.05, 0.1) is 0 Å². The number of aromatic nitrogens is 3. The van der Waals surface area contributed by atoms with Crippen molar-refractivity contribution in [3.8, 4) is 11.3 Å². The molecule has 0 saturated heterocycles. The highest BCUT2D eigenvalue weighted by Crippen LogP contribution is 2.22. The molecule has 17 heavy (non-hydrogen) atoms. The normalized spacial score (nSPS) is 10.8. The van der Waals surface area contributed by atoms with Gasteiger partial charge in [-0.05, 0) is 11.5 Å². The zero-order valence-electron chi connectivity index (χ0n) is 9.77. The lowest BCUT2D eigenvalue weighted by molar-refractivity contribution is 0.0996. The van der Waals surface area contributed by atoms with Gasteiger partial charge in [0.1, 0.15) is 5.69 Å². The number of rotatable bonds is 3. The monoisotopic (exact) mass is 230 g/mol. The summed E-state index contributed by atoms with van der Waals surface area (Å²) in [5.41, 5.74) is 7.94. The lowest BCUT2D eigenvalue weighted by Crippen LogP contribution is -2.12. The van der Waals surface area contributed by atoms with Crippen molar-refractivity contribution < 1.29 is 4.79 Å². The SMILES string of the molecule is CC(C)c1ccc(-c2n[nH]nc2C(N)=O)cc1. The molecule has 0 aliphatic heterocycles. The summed E-state index contributed by atoms with van der Waals surface area (Å²) in [7, 11) is 0. The van der Waals surface area contributed by atoms with Gasteiger partial charge in [0, 0.05) is 5.56 Å². The first kappa shape index (κ1) is 11.3. The standard InChI is InChI=1S/C12H14N4O/c1-7(2)8-3-5-9(6-4-8)10-11(12(13)17)15-16-14-10/h3-7H,1-2H3,(H2,13,17)(H,14,15,16). The number of amides is 1. The second-order valence-corrected chi connectivity index (χ2v) is 4.16. The summed E-state index contributed by atoms with van der Waals surface area (Å²) in [6, 6.07) is 7.86. The van der Waals surface area contributed by atoms with Crippen LogP contribution in [0, 0.1) is 0 Å². The van der Waals surface area contributed by atoms with E-state index < -0.39 is 5.91 Å². The maximum Gasteiger partial charge on any atom is 0.271 e. The van der Waals surface area contributed by atoms with Crippen molar-refractivity contribution >= 4 is 5.91 Å². The Kier molecular flexibility index (Phi) is 2.91. The molecule has 2 rings (SSSR count). The maximum atomic E-state index is 11.1. The van der Waals surface area contributed by atoms with Crippen LogP contribution in [0.5, 0.6) is 0 Å². The average molecular weight is 230 g/mol. The molecule has 0 unspecified atom stereocenters. The van der Waals surface area contributed by atoms with Gasteiger partial charge in [-0.2, -0.15) is 15.4 Å². The Morgan fingerprint density at radius 3 is 2.41 bits per heavy atom. The van der Waals surface area contributed by atoms with E-state index in [2.05, 4.69) is 29.3 Å². The van der Waals surface area contributed by atoms with Gasteiger partial charge < -0.3 is 5.73 Å². The number of aromatic amines is 1. The van der Waals surface area contributed by atoms with Crippen molar-refractivity contribution in [1.29, 1.82) is 0 Å². The minimum absolute atomic E-state index is 0.169. The van der Waals surface area contributed by atoms with Gasteiger partial charge in [-0.15, -0.1) is 0 Å². The Morgan fingerprint density at radius 2 is 1.88 bits per heavy atom. The molecule has 1 aromatic carbocycles. The van der Waals surface area contributed by atoms with E-state index >= 15 is 0 Å². The van der Waals surface area contributed by atoms with Gasteiger partial charge in [-0.1, -0.05) is 38.1 Å². The molecule has 0 fully saturated rings. The van der Waals surface area contributed by atoms with Crippen LogP contribution in [0.2, 0.25) is 0 Å². The molecule has 1 heterocycles. The first-order valence-corrected chi connectivity index (χ1v) is 5.40. The zero-order chi connectivity index (χ0) is 12.4. The highest BCUT2D eigenvalue weighted by Gasteiger charge is 2.14. The van der Waals surface area contributed by atoms with Crippen molar-refractivity contribution in [1.82, 2.24) is 15.4 Å². The first-order valence-electron chi connectivity index (χ1n) is 5.40. The van der Waals surface area contributed by atoms with Crippen LogP contribution < -0.4 is 5.73 Å². The van der Waals surface area contributed by atoms with Crippen molar-refractivity contribution in [2.24, 2.45) is 5.73 Å². The number of carbonyl (C=O) groups is 1. The van der Waals surface area contributed by atoms with E-state index in [9.17, 15) is 4.79 Å². The van der Waals surface area contributed by atoms with E-state index in [4.69, 9.17) is 5.73 Å². The Bertz CT molecular complexity index is 528. The summed E-state index contributed by atoms with van der Waals surface area (Å²) in [5.74, 6) is -0.112. The predicted molar refractivity (Wildman–Crippen MR) is 64.4 cm³/mol. The molecule has 1 amide bonds. The number of nitrogens with one attached hydrogen (secondary N) is 1. The molecular formula is C12H14N4O. The van der Waals surface area contributed by atoms with Gasteiger partial charge in [-0.3, -0.25) is 4.79 Å². The maximum absolute atomic E-state index is 11.1. The fourth-order valence-corrected chi connectivity index (χ4v) is 1.63. The van der Waals surface area contributed by atoms with Gasteiger partial charge in [0.15, 0.2) is 5.69 Å². The second kappa shape index (κ2) is 4.37. The third kappa shape index (κ3) is 2.18. The van der Waals surface area contributed by atoms with E-state index in [0.29, 0.717) is 11.6 Å². The average Bonchev–Trinajstić information content (AvgIpc) is 2.78. The number of nitrogens with zero attached hydrogens (tertiary/aromatic N) is 2. The van der Waals surface area contributed by atoms with Crippen LogP contribution in [0.3, 0.4) is 0 Å². The number of H-pyrrole nitrogens is 1. The molecule has 0 bridgehead atoms. The van der Waals surface area contributed by atoms with Crippen LogP contribution >= 0.6 is 0 Å². The molecule has 0 atom stereocenters. The third-order valence-electron chi connectivity index (χ3n) is 2.63. The van der Waals surface area contributed by atoms with Gasteiger partial charge in [-0.25, -0.2) is 0 Å². The third-order valence-corrected chi connectivity index (χ3v) is 2.63. The molecule has 2 aromatic rings. The molecular weight excluding hydrogens is 216 g/mol. The first-order chi connectivity index (χ1) is 8.09. The molecule has 5 heteroatoms. The van der Waals surface area contributed by atoms with E-state index in [1.165, 1.54) is 5.56 Å². The Labute approximate surface area is 99.0 Å². The van der Waals surface area contributed by atoms with Crippen molar-refractivity contribution in [3.05, 3.63) is 35.5 Å². The van der Waals surface area contributed by atoms with Crippen LogP contribution in [0.25, 0.3) is 11.3 Å². The second-order valence-electron chi connectivity index (χ2n) is 4.16. The summed E-state index contributed by atoms with van der Waals surface area (Å²) in [5, 5.41) is 10.1. The molecule has 5 nitrogen and oxygen atoms in total. The summed E-state index contributed by atoms with van der Waals surface area (Å²) < 4.78 is 0. The minimum Gasteiger partial charge on any atom is -0.364 e. The molecule has 88 valence electrons. The number of primary amides is 1. The largest absolute Gasteiger partial charge is 0.364 e. The summed E-state index contributed by atoms with van der Waals surface area (Å²) in [6.45, 7) is 4.25. The van der Waals surface area contributed by atoms with Crippen LogP contribution in [0.15, 0.2) is 24.3 Å². The summed E-state index contributed by atoms with van der Waals surface area (Å²) in [4.78, 5) is 11.1. The lowest BCUT2D eigenvalue weighted by Gasteiger charge is -2.05. The van der Waals surface area contributed by atoms with Crippen LogP contribution in [0.4, 0.5) is 0 Å². The van der Waals surface area contributed by atoms with Gasteiger partial charge in [0.2, 0.25) is 0 Å². The molecule has 0 aliphatic rings. The van der Waals surface area contributed by atoms with Gasteiger partial charge in [0.25, 0.3) is 5.91 Å². The van der Waals surface area contributed by atoms with Crippen LogP contribution in [0.1, 0.15) is 35.8 Å². The number of hydrogen-bond acceptors (Lipinski definition) is 3. The van der Waals surface area contributed by atoms with E-state index in [1.807, 2.05) is 24.3 Å². The molecule has 0 spiro atoms. The quantitative estimate of drug-likeness (QED) is 0.841. The zero-order valence-corrected chi connectivity index (χ0v) is 9.77. The molecule has 1 aromatic heterocycles. The highest BCUT2D eigenvalue weighted by atomic mass is 16.1. The highest BCUT2D eigenvalue weighted by molar-refractivity contribution is 5.96. The summed E-state index contributed by atoms with van der Waals surface area (Å²) >= 11 is 0. The topological polar surface area (TPSA) is 84.7 Å². The minimum atomic E-state index is -0.582. The van der Waals surface area contributed by atoms with E-state index in [0.717, 1.165) is 5.56 Å². The van der Waals surface area contributed by atoms with Crippen molar-refractivity contribution in [3.63, 3.8) is 0 Å². The molecule has 0 radical (unpaired) electrons. The fraction of sp³-hybridized carbons (Fsp3) is 0.250. The molecule has 0 saturated carbocycles. The van der Waals surface area contributed by atoms with Gasteiger partial charge >= 0.3 is 0 Å². The smallest absolute Gasteiger partial charge is 0.271 e. The van der Waals surface area contributed by atoms with Crippen molar-refractivity contribution in [2.45, 2.75) is 19.8 Å². The number of benzene rings is 1. The lowest BCUT2D eigenvalue weighted by atomic mass is 10.0. The molecule has 0 aliphatic carbocycles. The number of nitrogens with two attached hydrogens (primary N) is 1. The predicted octanol–water partition coefficient (Wildman–Crippen LogP) is 1.69.